The van der Waals surface area contributed by atoms with Crippen LogP contribution in [0.25, 0.3) is 0 Å². The molecule has 1 aliphatic rings. The quantitative estimate of drug-likeness (QED) is 0.653. The largest absolute Gasteiger partial charge is 0.495 e. The molecule has 0 unspecified atom stereocenters. The van der Waals surface area contributed by atoms with Crippen molar-refractivity contribution in [1.29, 1.82) is 5.26 Å². The predicted octanol–water partition coefficient (Wildman–Crippen LogP) is -0.0941. The molecule has 6 nitrogen and oxygen atoms in total. The minimum absolute atomic E-state index is 0.574. The zero-order valence-corrected chi connectivity index (χ0v) is 8.71. The maximum Gasteiger partial charge on any atom is 0.304 e. The molecular weight excluding hydrogens is 218 g/mol. The Morgan fingerprint density at radius 2 is 1.87 bits per heavy atom. The van der Waals surface area contributed by atoms with E-state index < -0.39 is 10.2 Å². The van der Waals surface area contributed by atoms with Gasteiger partial charge in [0.25, 0.3) is 0 Å². The van der Waals surface area contributed by atoms with E-state index in [4.69, 9.17) is 10.00 Å². The standard InChI is InChI=1S/C8H7NO.H2N2O2S/c1-10-8-5-3-2-4-7(8)6-9;3-5(4)1-2-5/h2-5H,1H3;1-2H. The van der Waals surface area contributed by atoms with Crippen molar-refractivity contribution in [2.45, 2.75) is 0 Å². The molecule has 0 radical (unpaired) electrons. The van der Waals surface area contributed by atoms with Crippen LogP contribution in [-0.4, -0.2) is 15.5 Å². The number of hydrogen-bond acceptors (Lipinski definition) is 4. The van der Waals surface area contributed by atoms with Crippen molar-refractivity contribution >= 4 is 10.2 Å². The topological polar surface area (TPSA) is 111 Å². The molecule has 7 heteroatoms. The van der Waals surface area contributed by atoms with Crippen molar-refractivity contribution in [3.05, 3.63) is 29.8 Å². The SMILES string of the molecule is COc1ccccc1C#N.O=S1(=O)NN1. The van der Waals surface area contributed by atoms with E-state index in [0.29, 0.717) is 11.3 Å². The number of hydrazine groups is 1. The summed E-state index contributed by atoms with van der Waals surface area (Å²) in [6.45, 7) is 0. The molecule has 80 valence electrons. The van der Waals surface area contributed by atoms with Crippen LogP contribution < -0.4 is 14.4 Å². The Balaban J connectivity index is 0.000000187. The first-order valence-corrected chi connectivity index (χ1v) is 5.39. The maximum atomic E-state index is 9.52. The maximum absolute atomic E-state index is 9.52. The number of hydrogen-bond donors (Lipinski definition) is 2. The number of methoxy groups -OCH3 is 1. The summed E-state index contributed by atoms with van der Waals surface area (Å²) in [7, 11) is -1.36. The first kappa shape index (κ1) is 11.5. The van der Waals surface area contributed by atoms with Crippen molar-refractivity contribution < 1.29 is 13.2 Å². The summed E-state index contributed by atoms with van der Waals surface area (Å²) in [5.74, 6) is 0.630. The third-order valence-electron chi connectivity index (χ3n) is 1.50. The molecule has 1 heterocycles. The van der Waals surface area contributed by atoms with Crippen LogP contribution in [0.15, 0.2) is 24.3 Å². The van der Waals surface area contributed by atoms with E-state index >= 15 is 0 Å². The van der Waals surface area contributed by atoms with Crippen LogP contribution in [-0.2, 0) is 10.2 Å². The van der Waals surface area contributed by atoms with E-state index in [9.17, 15) is 8.42 Å². The molecule has 0 saturated carbocycles. The van der Waals surface area contributed by atoms with Gasteiger partial charge in [0.1, 0.15) is 11.8 Å². The van der Waals surface area contributed by atoms with E-state index in [-0.39, 0.29) is 0 Å². The lowest BCUT2D eigenvalue weighted by atomic mass is 10.2. The van der Waals surface area contributed by atoms with Gasteiger partial charge >= 0.3 is 10.2 Å². The van der Waals surface area contributed by atoms with Crippen LogP contribution in [0.3, 0.4) is 0 Å². The van der Waals surface area contributed by atoms with Gasteiger partial charge in [0.05, 0.1) is 12.7 Å². The molecule has 1 aromatic rings. The molecule has 0 atom stereocenters. The van der Waals surface area contributed by atoms with Crippen molar-refractivity contribution in [2.75, 3.05) is 7.11 Å². The van der Waals surface area contributed by atoms with Gasteiger partial charge < -0.3 is 4.74 Å². The molecule has 0 aliphatic carbocycles. The Kier molecular flexibility index (Phi) is 3.62. The number of nitrogens with zero attached hydrogens (tertiary/aromatic N) is 1. The first-order chi connectivity index (χ1) is 7.09. The molecule has 2 rings (SSSR count). The molecule has 2 N–H and O–H groups in total. The number of nitrogens with one attached hydrogen (secondary N) is 2. The van der Waals surface area contributed by atoms with Crippen LogP contribution in [0, 0.1) is 11.3 Å². The molecule has 15 heavy (non-hydrogen) atoms. The van der Waals surface area contributed by atoms with Gasteiger partial charge in [0.2, 0.25) is 0 Å². The van der Waals surface area contributed by atoms with Crippen molar-refractivity contribution in [3.8, 4) is 11.8 Å². The lowest BCUT2D eigenvalue weighted by molar-refractivity contribution is 0.413. The van der Waals surface area contributed by atoms with Crippen molar-refractivity contribution in [3.63, 3.8) is 0 Å². The Morgan fingerprint density at radius 3 is 2.20 bits per heavy atom. The number of ether oxygens (including phenoxy) is 1. The molecule has 1 saturated heterocycles. The number of rotatable bonds is 1. The van der Waals surface area contributed by atoms with Gasteiger partial charge in [-0.2, -0.15) is 13.7 Å². The van der Waals surface area contributed by atoms with Gasteiger partial charge in [-0.15, -0.1) is 9.66 Å². The molecule has 0 aromatic heterocycles. The second-order valence-corrected chi connectivity index (χ2v) is 3.93. The summed E-state index contributed by atoms with van der Waals surface area (Å²) in [4.78, 5) is 3.79. The summed E-state index contributed by atoms with van der Waals surface area (Å²) >= 11 is 0. The highest BCUT2D eigenvalue weighted by atomic mass is 32.2. The van der Waals surface area contributed by atoms with Gasteiger partial charge in [0.15, 0.2) is 0 Å². The predicted molar refractivity (Wildman–Crippen MR) is 52.9 cm³/mol. The Hall–Kier alpha value is -1.62. The summed E-state index contributed by atoms with van der Waals surface area (Å²) in [6, 6.07) is 9.14. The lowest BCUT2D eigenvalue weighted by Crippen LogP contribution is -1.85. The van der Waals surface area contributed by atoms with Gasteiger partial charge in [-0.25, -0.2) is 0 Å². The number of nitriles is 1. The van der Waals surface area contributed by atoms with Crippen LogP contribution in [0.4, 0.5) is 0 Å². The average Bonchev–Trinajstić information content (AvgIpc) is 2.94. The van der Waals surface area contributed by atoms with Gasteiger partial charge in [-0.1, -0.05) is 12.1 Å². The third-order valence-corrected chi connectivity index (χ3v) is 2.03. The smallest absolute Gasteiger partial charge is 0.304 e. The zero-order valence-electron chi connectivity index (χ0n) is 7.89. The van der Waals surface area contributed by atoms with E-state index in [0.717, 1.165) is 0 Å². The summed E-state index contributed by atoms with van der Waals surface area (Å²) in [5.41, 5.74) is 0.574. The van der Waals surface area contributed by atoms with E-state index in [1.54, 1.807) is 25.3 Å². The van der Waals surface area contributed by atoms with Crippen LogP contribution in [0.1, 0.15) is 5.56 Å². The minimum Gasteiger partial charge on any atom is -0.495 e. The summed E-state index contributed by atoms with van der Waals surface area (Å²) in [5, 5.41) is 8.52. The van der Waals surface area contributed by atoms with Gasteiger partial charge in [-0.05, 0) is 12.1 Å². The normalized spacial score (nSPS) is 15.5. The highest BCUT2D eigenvalue weighted by Crippen LogP contribution is 2.14. The molecule has 1 aliphatic heterocycles. The average molecular weight is 227 g/mol. The number of benzene rings is 1. The Bertz CT molecular complexity index is 468. The zero-order chi connectivity index (χ0) is 11.3. The molecule has 1 aromatic carbocycles. The monoisotopic (exact) mass is 227 g/mol. The molecule has 0 bridgehead atoms. The lowest BCUT2D eigenvalue weighted by Gasteiger charge is -1.98. The van der Waals surface area contributed by atoms with Crippen LogP contribution in [0.2, 0.25) is 0 Å². The van der Waals surface area contributed by atoms with E-state index in [1.165, 1.54) is 0 Å². The highest BCUT2D eigenvalue weighted by Gasteiger charge is 2.22. The Morgan fingerprint density at radius 1 is 1.33 bits per heavy atom. The molecule has 0 spiro atoms. The van der Waals surface area contributed by atoms with E-state index in [2.05, 4.69) is 0 Å². The summed E-state index contributed by atoms with van der Waals surface area (Å²) in [6.07, 6.45) is 0. The molecule has 1 fully saturated rings. The summed E-state index contributed by atoms with van der Waals surface area (Å²) < 4.78 is 24.0. The fraction of sp³-hybridized carbons (Fsp3) is 0.125. The highest BCUT2D eigenvalue weighted by molar-refractivity contribution is 7.93. The van der Waals surface area contributed by atoms with Crippen LogP contribution >= 0.6 is 0 Å². The van der Waals surface area contributed by atoms with Crippen LogP contribution in [0.5, 0.6) is 5.75 Å². The minimum atomic E-state index is -2.92. The second kappa shape index (κ2) is 4.75. The first-order valence-electron chi connectivity index (χ1n) is 3.90. The fourth-order valence-electron chi connectivity index (χ4n) is 0.771. The second-order valence-electron chi connectivity index (χ2n) is 2.52. The van der Waals surface area contributed by atoms with E-state index in [1.807, 2.05) is 21.8 Å². The van der Waals surface area contributed by atoms with Crippen molar-refractivity contribution in [2.24, 2.45) is 0 Å². The van der Waals surface area contributed by atoms with Crippen molar-refractivity contribution in [1.82, 2.24) is 9.66 Å². The fourth-order valence-corrected chi connectivity index (χ4v) is 1.04. The van der Waals surface area contributed by atoms with Gasteiger partial charge in [0, 0.05) is 0 Å². The third kappa shape index (κ3) is 3.95. The molecular formula is C8H9N3O3S. The van der Waals surface area contributed by atoms with Gasteiger partial charge in [-0.3, -0.25) is 0 Å². The number of para-hydroxylation sites is 1. The molecule has 0 amide bonds. The Labute approximate surface area is 87.6 Å².